The second-order valence-corrected chi connectivity index (χ2v) is 8.31. The van der Waals surface area contributed by atoms with E-state index in [-0.39, 0.29) is 11.0 Å². The number of halogens is 3. The Balaban J connectivity index is 1.28. The highest BCUT2D eigenvalue weighted by atomic mass is 19.4. The van der Waals surface area contributed by atoms with Gasteiger partial charge in [0, 0.05) is 37.3 Å². The molecule has 1 aromatic carbocycles. The number of hydrogen-bond donors (Lipinski definition) is 0. The second-order valence-electron chi connectivity index (χ2n) is 8.31. The number of rotatable bonds is 6. The molecular formula is C22H25F3N2O. The van der Waals surface area contributed by atoms with Gasteiger partial charge in [-0.05, 0) is 68.0 Å². The van der Waals surface area contributed by atoms with Gasteiger partial charge in [0.05, 0.1) is 5.56 Å². The molecule has 3 nitrogen and oxygen atoms in total. The van der Waals surface area contributed by atoms with Crippen LogP contribution < -0.4 is 5.56 Å². The third kappa shape index (κ3) is 3.75. The molecule has 0 amide bonds. The van der Waals surface area contributed by atoms with Crippen molar-refractivity contribution in [1.82, 2.24) is 9.47 Å². The lowest BCUT2D eigenvalue weighted by Crippen LogP contribution is -2.28. The first-order valence-electron chi connectivity index (χ1n) is 9.85. The third-order valence-electron chi connectivity index (χ3n) is 6.28. The number of piperidine rings is 1. The first-order valence-corrected chi connectivity index (χ1v) is 9.85. The van der Waals surface area contributed by atoms with Crippen LogP contribution in [0.25, 0.3) is 0 Å². The van der Waals surface area contributed by atoms with Crippen LogP contribution in [0.5, 0.6) is 0 Å². The van der Waals surface area contributed by atoms with E-state index in [0.717, 1.165) is 56.6 Å². The molecule has 1 saturated heterocycles. The summed E-state index contributed by atoms with van der Waals surface area (Å²) in [4.78, 5) is 14.3. The number of hydrogen-bond acceptors (Lipinski definition) is 2. The fourth-order valence-electron chi connectivity index (χ4n) is 4.60. The predicted molar refractivity (Wildman–Crippen MR) is 102 cm³/mol. The summed E-state index contributed by atoms with van der Waals surface area (Å²) in [6, 6.07) is 9.35. The number of likely N-dealkylation sites (tertiary alicyclic amines) is 1. The fraction of sp³-hybridized carbons (Fsp3) is 0.500. The lowest BCUT2D eigenvalue weighted by molar-refractivity contribution is -0.137. The van der Waals surface area contributed by atoms with Crippen LogP contribution in [0.2, 0.25) is 0 Å². The van der Waals surface area contributed by atoms with Crippen molar-refractivity contribution in [2.45, 2.75) is 44.3 Å². The number of pyridine rings is 1. The average Bonchev–Trinajstić information content (AvgIpc) is 3.21. The maximum Gasteiger partial charge on any atom is 0.416 e. The molecule has 2 atom stereocenters. The standard InChI is InChI=1S/C22H25F3N2O/c1-16-8-11-27(20(28)12-16)10-3-2-9-26-14-19-13-21(19,15-26)17-4-6-18(7-5-17)22(23,24)25/h4-8,11-12,19H,2-3,9-10,13-15H2,1H3. The normalized spacial score (nSPS) is 24.4. The van der Waals surface area contributed by atoms with Gasteiger partial charge in [0.1, 0.15) is 0 Å². The maximum atomic E-state index is 12.8. The molecule has 0 bridgehead atoms. The summed E-state index contributed by atoms with van der Waals surface area (Å²) in [5.41, 5.74) is 1.54. The number of fused-ring (bicyclic) bond motifs is 1. The minimum atomic E-state index is -4.28. The number of unbranched alkanes of at least 4 members (excludes halogenated alkanes) is 1. The molecule has 2 aromatic rings. The molecule has 2 heterocycles. The van der Waals surface area contributed by atoms with Crippen molar-refractivity contribution in [3.8, 4) is 0 Å². The fourth-order valence-corrected chi connectivity index (χ4v) is 4.60. The van der Waals surface area contributed by atoms with Gasteiger partial charge in [0.15, 0.2) is 0 Å². The van der Waals surface area contributed by atoms with E-state index in [1.54, 1.807) is 22.8 Å². The number of aryl methyl sites for hydroxylation is 2. The van der Waals surface area contributed by atoms with Crippen LogP contribution in [0.15, 0.2) is 47.4 Å². The van der Waals surface area contributed by atoms with Gasteiger partial charge in [-0.1, -0.05) is 12.1 Å². The highest BCUT2D eigenvalue weighted by Crippen LogP contribution is 2.59. The predicted octanol–water partition coefficient (Wildman–Crippen LogP) is 4.23. The molecule has 150 valence electrons. The maximum absolute atomic E-state index is 12.8. The van der Waals surface area contributed by atoms with Gasteiger partial charge >= 0.3 is 6.18 Å². The molecule has 1 saturated carbocycles. The Morgan fingerprint density at radius 1 is 1.11 bits per heavy atom. The Bertz CT molecular complexity index is 903. The number of aromatic nitrogens is 1. The average molecular weight is 390 g/mol. The lowest BCUT2D eigenvalue weighted by atomic mass is 9.94. The van der Waals surface area contributed by atoms with Gasteiger partial charge in [-0.15, -0.1) is 0 Å². The van der Waals surface area contributed by atoms with E-state index >= 15 is 0 Å². The topological polar surface area (TPSA) is 25.2 Å². The van der Waals surface area contributed by atoms with Crippen molar-refractivity contribution in [3.05, 3.63) is 69.6 Å². The summed E-state index contributed by atoms with van der Waals surface area (Å²) in [6.07, 6.45) is 0.601. The first kappa shape index (κ1) is 19.2. The van der Waals surface area contributed by atoms with Gasteiger partial charge in [-0.25, -0.2) is 0 Å². The van der Waals surface area contributed by atoms with Crippen LogP contribution in [-0.2, 0) is 18.1 Å². The third-order valence-corrected chi connectivity index (χ3v) is 6.28. The summed E-state index contributed by atoms with van der Waals surface area (Å²) in [5.74, 6) is 0.559. The Hall–Kier alpha value is -2.08. The molecule has 0 radical (unpaired) electrons. The van der Waals surface area contributed by atoms with Crippen LogP contribution in [-0.4, -0.2) is 29.1 Å². The van der Waals surface area contributed by atoms with Crippen LogP contribution in [0.3, 0.4) is 0 Å². The minimum absolute atomic E-state index is 0.0451. The largest absolute Gasteiger partial charge is 0.416 e. The van der Waals surface area contributed by atoms with Crippen LogP contribution in [0.1, 0.15) is 36.0 Å². The molecule has 0 spiro atoms. The highest BCUT2D eigenvalue weighted by molar-refractivity contribution is 5.39. The van der Waals surface area contributed by atoms with Gasteiger partial charge in [-0.3, -0.25) is 4.79 Å². The molecule has 1 aromatic heterocycles. The second kappa shape index (κ2) is 7.07. The van der Waals surface area contributed by atoms with Gasteiger partial charge in [0.2, 0.25) is 0 Å². The van der Waals surface area contributed by atoms with Gasteiger partial charge < -0.3 is 9.47 Å². The summed E-state index contributed by atoms with van der Waals surface area (Å²) in [6.45, 7) is 5.55. The Kier molecular flexibility index (Phi) is 4.86. The van der Waals surface area contributed by atoms with Gasteiger partial charge in [0.25, 0.3) is 5.56 Å². The summed E-state index contributed by atoms with van der Waals surface area (Å²) in [5, 5.41) is 0. The van der Waals surface area contributed by atoms with E-state index in [2.05, 4.69) is 4.90 Å². The molecule has 6 heteroatoms. The monoisotopic (exact) mass is 390 g/mol. The van der Waals surface area contributed by atoms with E-state index in [0.29, 0.717) is 5.92 Å². The van der Waals surface area contributed by atoms with E-state index in [1.807, 2.05) is 19.2 Å². The molecular weight excluding hydrogens is 365 g/mol. The first-order chi connectivity index (χ1) is 13.3. The van der Waals surface area contributed by atoms with Crippen molar-refractivity contribution < 1.29 is 13.2 Å². The van der Waals surface area contributed by atoms with E-state index in [1.165, 1.54) is 12.1 Å². The molecule has 4 rings (SSSR count). The summed E-state index contributed by atoms with van der Waals surface area (Å²) >= 11 is 0. The SMILES string of the molecule is Cc1ccn(CCCCN2CC3CC3(c3ccc(C(F)(F)F)cc3)C2)c(=O)c1. The molecule has 0 N–H and O–H groups in total. The quantitative estimate of drug-likeness (QED) is 0.690. The Morgan fingerprint density at radius 3 is 2.50 bits per heavy atom. The smallest absolute Gasteiger partial charge is 0.316 e. The van der Waals surface area contributed by atoms with Crippen LogP contribution >= 0.6 is 0 Å². The molecule has 1 aliphatic carbocycles. The molecule has 2 fully saturated rings. The van der Waals surface area contributed by atoms with Crippen molar-refractivity contribution in [2.75, 3.05) is 19.6 Å². The zero-order valence-corrected chi connectivity index (χ0v) is 16.0. The number of nitrogens with zero attached hydrogens (tertiary/aromatic N) is 2. The van der Waals surface area contributed by atoms with Crippen molar-refractivity contribution in [2.24, 2.45) is 5.92 Å². The molecule has 1 aliphatic heterocycles. The van der Waals surface area contributed by atoms with Crippen LogP contribution in [0.4, 0.5) is 13.2 Å². The minimum Gasteiger partial charge on any atom is -0.316 e. The van der Waals surface area contributed by atoms with Crippen molar-refractivity contribution >= 4 is 0 Å². The van der Waals surface area contributed by atoms with Crippen molar-refractivity contribution in [1.29, 1.82) is 0 Å². The molecule has 2 unspecified atom stereocenters. The Labute approximate surface area is 162 Å². The van der Waals surface area contributed by atoms with E-state index < -0.39 is 11.7 Å². The van der Waals surface area contributed by atoms with Crippen molar-refractivity contribution in [3.63, 3.8) is 0 Å². The zero-order chi connectivity index (χ0) is 19.9. The highest BCUT2D eigenvalue weighted by Gasteiger charge is 2.60. The molecule has 28 heavy (non-hydrogen) atoms. The zero-order valence-electron chi connectivity index (χ0n) is 16.0. The van der Waals surface area contributed by atoms with Gasteiger partial charge in [-0.2, -0.15) is 13.2 Å². The summed E-state index contributed by atoms with van der Waals surface area (Å²) < 4.78 is 40.1. The van der Waals surface area contributed by atoms with E-state index in [4.69, 9.17) is 0 Å². The number of alkyl halides is 3. The summed E-state index contributed by atoms with van der Waals surface area (Å²) in [7, 11) is 0. The lowest BCUT2D eigenvalue weighted by Gasteiger charge is -2.21. The molecule has 2 aliphatic rings. The number of benzene rings is 1. The van der Waals surface area contributed by atoms with E-state index in [9.17, 15) is 18.0 Å². The Morgan fingerprint density at radius 2 is 1.82 bits per heavy atom. The van der Waals surface area contributed by atoms with Crippen LogP contribution in [0, 0.1) is 12.8 Å².